The monoisotopic (exact) mass is 548 g/mol. The molecule has 10 heteroatoms. The third-order valence-electron chi connectivity index (χ3n) is 7.43. The second kappa shape index (κ2) is 12.4. The van der Waals surface area contributed by atoms with Gasteiger partial charge in [-0.3, -0.25) is 14.4 Å². The van der Waals surface area contributed by atoms with Crippen molar-refractivity contribution >= 4 is 40.8 Å². The summed E-state index contributed by atoms with van der Waals surface area (Å²) in [5.74, 6) is -1.43. The average Bonchev–Trinajstić information content (AvgIpc) is 3.04. The lowest BCUT2D eigenvalue weighted by molar-refractivity contribution is -0.136. The molecule has 1 aliphatic carbocycles. The highest BCUT2D eigenvalue weighted by atomic mass is 16.4. The van der Waals surface area contributed by atoms with Gasteiger partial charge in [0, 0.05) is 29.0 Å². The molecule has 0 unspecified atom stereocenters. The minimum absolute atomic E-state index is 0.109. The van der Waals surface area contributed by atoms with E-state index in [0.717, 1.165) is 48.4 Å². The van der Waals surface area contributed by atoms with Crippen molar-refractivity contribution < 1.29 is 29.4 Å². The molecule has 4 N–H and O–H groups in total. The Labute approximate surface area is 233 Å². The molecule has 1 fully saturated rings. The number of fused-ring (bicyclic) bond motifs is 1. The van der Waals surface area contributed by atoms with Crippen molar-refractivity contribution in [1.82, 2.24) is 5.01 Å². The number of benzene rings is 2. The Balaban J connectivity index is 1.58. The second-order valence-electron chi connectivity index (χ2n) is 11.1. The third kappa shape index (κ3) is 7.12. The lowest BCUT2D eigenvalue weighted by atomic mass is 9.82. The predicted octanol–water partition coefficient (Wildman–Crippen LogP) is 4.21. The molecular formula is C30H36N4O6. The van der Waals surface area contributed by atoms with Crippen LogP contribution in [0.3, 0.4) is 0 Å². The fourth-order valence-corrected chi connectivity index (χ4v) is 5.01. The van der Waals surface area contributed by atoms with Crippen molar-refractivity contribution in [1.29, 1.82) is 0 Å². The van der Waals surface area contributed by atoms with E-state index in [4.69, 9.17) is 10.2 Å². The molecule has 0 radical (unpaired) electrons. The maximum atomic E-state index is 13.3. The van der Waals surface area contributed by atoms with Crippen LogP contribution in [-0.4, -0.2) is 57.8 Å². The number of carboxylic acids is 1. The van der Waals surface area contributed by atoms with Crippen LogP contribution in [0.2, 0.25) is 0 Å². The Kier molecular flexibility index (Phi) is 8.99. The molecule has 4 rings (SSSR count). The summed E-state index contributed by atoms with van der Waals surface area (Å²) < 4.78 is 0. The summed E-state index contributed by atoms with van der Waals surface area (Å²) in [5, 5.41) is 30.0. The van der Waals surface area contributed by atoms with Gasteiger partial charge in [-0.05, 0) is 42.2 Å². The van der Waals surface area contributed by atoms with E-state index >= 15 is 0 Å². The van der Waals surface area contributed by atoms with E-state index in [1.807, 2.05) is 12.1 Å². The normalized spacial score (nSPS) is 15.9. The van der Waals surface area contributed by atoms with Crippen LogP contribution in [0.5, 0.6) is 0 Å². The largest absolute Gasteiger partial charge is 0.481 e. The van der Waals surface area contributed by atoms with Crippen LogP contribution in [0.15, 0.2) is 47.6 Å². The highest BCUT2D eigenvalue weighted by molar-refractivity contribution is 6.11. The number of rotatable bonds is 10. The quantitative estimate of drug-likeness (QED) is 0.349. The standard InChI is InChI=1S/C30H36N4O6/c1-30(2,18-35)25(36)15-20-11-12-23-24(14-20)32-29(40)34(33-28(23)21-8-4-3-5-9-21)17-26(37)31-22-10-6-7-19(13-22)16-27(38)39/h6-7,10-14,21,35H,3-5,8-9,15-18H2,1-2H3,(H,31,37)(H,32,40)(H,38,39). The van der Waals surface area contributed by atoms with Gasteiger partial charge in [0.25, 0.3) is 0 Å². The molecule has 0 spiro atoms. The molecule has 10 nitrogen and oxygen atoms in total. The number of aliphatic carboxylic acids is 1. The minimum atomic E-state index is -0.974. The van der Waals surface area contributed by atoms with Gasteiger partial charge in [0.2, 0.25) is 5.91 Å². The first kappa shape index (κ1) is 28.9. The summed E-state index contributed by atoms with van der Waals surface area (Å²) in [4.78, 5) is 50.0. The summed E-state index contributed by atoms with van der Waals surface area (Å²) in [5.41, 5.74) is 2.84. The number of aliphatic hydroxyl groups is 1. The number of hydrogen-bond donors (Lipinski definition) is 4. The van der Waals surface area contributed by atoms with Crippen LogP contribution < -0.4 is 10.6 Å². The van der Waals surface area contributed by atoms with Gasteiger partial charge in [0.05, 0.1) is 24.4 Å². The number of aliphatic hydroxyl groups excluding tert-OH is 1. The number of carbonyl (C=O) groups is 4. The molecule has 1 aliphatic heterocycles. The third-order valence-corrected chi connectivity index (χ3v) is 7.43. The van der Waals surface area contributed by atoms with Crippen LogP contribution in [0.4, 0.5) is 16.2 Å². The molecule has 0 aromatic heterocycles. The molecule has 0 saturated heterocycles. The van der Waals surface area contributed by atoms with Crippen LogP contribution >= 0.6 is 0 Å². The Morgan fingerprint density at radius 3 is 2.48 bits per heavy atom. The second-order valence-corrected chi connectivity index (χ2v) is 11.1. The highest BCUT2D eigenvalue weighted by Gasteiger charge is 2.31. The van der Waals surface area contributed by atoms with Crippen LogP contribution in [-0.2, 0) is 27.2 Å². The van der Waals surface area contributed by atoms with Gasteiger partial charge in [-0.2, -0.15) is 5.10 Å². The van der Waals surface area contributed by atoms with Gasteiger partial charge >= 0.3 is 12.0 Å². The van der Waals surface area contributed by atoms with E-state index in [0.29, 0.717) is 22.5 Å². The molecule has 0 bridgehead atoms. The van der Waals surface area contributed by atoms with E-state index in [1.54, 1.807) is 44.2 Å². The Morgan fingerprint density at radius 2 is 1.77 bits per heavy atom. The van der Waals surface area contributed by atoms with Gasteiger partial charge in [-0.25, -0.2) is 9.80 Å². The van der Waals surface area contributed by atoms with Gasteiger partial charge in [0.1, 0.15) is 12.3 Å². The zero-order chi connectivity index (χ0) is 28.9. The Morgan fingerprint density at radius 1 is 1.05 bits per heavy atom. The summed E-state index contributed by atoms with van der Waals surface area (Å²) in [6, 6.07) is 11.5. The molecule has 0 atom stereocenters. The number of carbonyl (C=O) groups excluding carboxylic acids is 3. The van der Waals surface area contributed by atoms with Crippen LogP contribution in [0.1, 0.15) is 62.6 Å². The number of carboxylic acid groups (broad SMARTS) is 1. The van der Waals surface area contributed by atoms with E-state index in [1.165, 1.54) is 0 Å². The van der Waals surface area contributed by atoms with E-state index in [2.05, 4.69) is 10.6 Å². The Bertz CT molecular complexity index is 1330. The molecule has 40 heavy (non-hydrogen) atoms. The molecule has 2 aromatic carbocycles. The van der Waals surface area contributed by atoms with Crippen molar-refractivity contribution in [3.8, 4) is 0 Å². The lowest BCUT2D eigenvalue weighted by Gasteiger charge is -2.25. The van der Waals surface area contributed by atoms with Crippen molar-refractivity contribution in [2.45, 2.75) is 58.8 Å². The molecule has 212 valence electrons. The van der Waals surface area contributed by atoms with Gasteiger partial charge < -0.3 is 20.8 Å². The van der Waals surface area contributed by atoms with E-state index in [-0.39, 0.29) is 37.7 Å². The van der Waals surface area contributed by atoms with Gasteiger partial charge in [0.15, 0.2) is 0 Å². The minimum Gasteiger partial charge on any atom is -0.481 e. The number of Topliss-reactive ketones (excluding diaryl/α,β-unsaturated/α-hetero) is 1. The smallest absolute Gasteiger partial charge is 0.342 e. The van der Waals surface area contributed by atoms with Crippen molar-refractivity contribution in [2.75, 3.05) is 23.8 Å². The Hall–Kier alpha value is -4.05. The number of ketones is 1. The topological polar surface area (TPSA) is 148 Å². The number of hydrogen-bond acceptors (Lipinski definition) is 6. The summed E-state index contributed by atoms with van der Waals surface area (Å²) in [7, 11) is 0. The molecule has 1 heterocycles. The maximum absolute atomic E-state index is 13.3. The fraction of sp³-hybridized carbons (Fsp3) is 0.433. The molecule has 3 amide bonds. The first-order chi connectivity index (χ1) is 19.1. The fourth-order valence-electron chi connectivity index (χ4n) is 5.01. The predicted molar refractivity (Wildman–Crippen MR) is 151 cm³/mol. The SMILES string of the molecule is CC(C)(CO)C(=O)Cc1ccc2c(c1)NC(=O)N(CC(=O)Nc1cccc(CC(=O)O)c1)N=C2C1CCCCC1. The number of nitrogens with zero attached hydrogens (tertiary/aromatic N) is 2. The summed E-state index contributed by atoms with van der Waals surface area (Å²) in [6.45, 7) is 2.79. The molecular weight excluding hydrogens is 512 g/mol. The van der Waals surface area contributed by atoms with Crippen molar-refractivity contribution in [2.24, 2.45) is 16.4 Å². The number of amides is 3. The highest BCUT2D eigenvalue weighted by Crippen LogP contribution is 2.33. The van der Waals surface area contributed by atoms with Crippen molar-refractivity contribution in [3.63, 3.8) is 0 Å². The first-order valence-corrected chi connectivity index (χ1v) is 13.6. The van der Waals surface area contributed by atoms with E-state index in [9.17, 15) is 24.3 Å². The number of anilines is 2. The maximum Gasteiger partial charge on any atom is 0.342 e. The summed E-state index contributed by atoms with van der Waals surface area (Å²) >= 11 is 0. The number of urea groups is 1. The van der Waals surface area contributed by atoms with E-state index < -0.39 is 23.3 Å². The first-order valence-electron chi connectivity index (χ1n) is 13.6. The van der Waals surface area contributed by atoms with Crippen LogP contribution in [0.25, 0.3) is 0 Å². The molecule has 2 aromatic rings. The summed E-state index contributed by atoms with van der Waals surface area (Å²) in [6.07, 6.45) is 5.03. The lowest BCUT2D eigenvalue weighted by Crippen LogP contribution is -2.37. The van der Waals surface area contributed by atoms with Gasteiger partial charge in [-0.15, -0.1) is 0 Å². The molecule has 1 saturated carbocycles. The van der Waals surface area contributed by atoms with Gasteiger partial charge in [-0.1, -0.05) is 57.4 Å². The average molecular weight is 549 g/mol. The zero-order valence-electron chi connectivity index (χ0n) is 22.9. The van der Waals surface area contributed by atoms with Crippen LogP contribution in [0, 0.1) is 11.3 Å². The van der Waals surface area contributed by atoms with Crippen molar-refractivity contribution in [3.05, 3.63) is 59.2 Å². The molecule has 2 aliphatic rings. The number of hydrazone groups is 1. The zero-order valence-corrected chi connectivity index (χ0v) is 22.9. The number of nitrogens with one attached hydrogen (secondary N) is 2.